The van der Waals surface area contributed by atoms with Crippen LogP contribution in [0.15, 0.2) is 47.2 Å². The molecule has 1 atom stereocenters. The van der Waals surface area contributed by atoms with Crippen LogP contribution in [0.5, 0.6) is 0 Å². The number of nitro groups is 1. The Morgan fingerprint density at radius 2 is 2.29 bits per heavy atom. The second-order valence-electron chi connectivity index (χ2n) is 3.28. The summed E-state index contributed by atoms with van der Waals surface area (Å²) in [5.74, 6) is 2.82. The first-order chi connectivity index (χ1) is 8.01. The van der Waals surface area contributed by atoms with Crippen molar-refractivity contribution in [1.29, 1.82) is 0 Å². The summed E-state index contributed by atoms with van der Waals surface area (Å²) >= 11 is 0. The van der Waals surface area contributed by atoms with Gasteiger partial charge in [0, 0.05) is 6.08 Å². The largest absolute Gasteiger partial charge is 0.465 e. The van der Waals surface area contributed by atoms with E-state index < -0.39 is 18.8 Å². The van der Waals surface area contributed by atoms with E-state index in [4.69, 9.17) is 0 Å². The van der Waals surface area contributed by atoms with Gasteiger partial charge in [-0.15, -0.1) is 0 Å². The van der Waals surface area contributed by atoms with E-state index in [0.717, 1.165) is 0 Å². The summed E-state index contributed by atoms with van der Waals surface area (Å²) in [7, 11) is 0.525. The smallest absolute Gasteiger partial charge is 0.338 e. The van der Waals surface area contributed by atoms with Crippen molar-refractivity contribution in [2.24, 2.45) is 0 Å². The van der Waals surface area contributed by atoms with E-state index in [0.29, 0.717) is 0 Å². The average Bonchev–Trinajstić information content (AvgIpc) is 2.46. The molecule has 0 saturated carbocycles. The highest BCUT2D eigenvalue weighted by Gasteiger charge is 2.24. The zero-order chi connectivity index (χ0) is 13.0. The number of carbonyl (C=O) groups is 1. The molecule has 0 N–H and O–H groups in total. The van der Waals surface area contributed by atoms with Crippen molar-refractivity contribution in [3.63, 3.8) is 0 Å². The van der Waals surface area contributed by atoms with E-state index in [1.54, 1.807) is 11.6 Å². The topological polar surface area (TPSA) is 69.4 Å². The Balaban J connectivity index is 3.43. The fourth-order valence-corrected chi connectivity index (χ4v) is 2.49. The fourth-order valence-electron chi connectivity index (χ4n) is 1.38. The van der Waals surface area contributed by atoms with Crippen molar-refractivity contribution in [2.45, 2.75) is 0 Å². The van der Waals surface area contributed by atoms with Gasteiger partial charge < -0.3 is 4.74 Å². The van der Waals surface area contributed by atoms with Crippen LogP contribution >= 0.6 is 7.92 Å². The highest BCUT2D eigenvalue weighted by atomic mass is 31.1. The van der Waals surface area contributed by atoms with E-state index >= 15 is 0 Å². The number of hydrogen-bond acceptors (Lipinski definition) is 4. The second-order valence-corrected chi connectivity index (χ2v) is 5.16. The van der Waals surface area contributed by atoms with Crippen molar-refractivity contribution in [3.8, 4) is 0 Å². The third-order valence-corrected chi connectivity index (χ3v) is 3.46. The predicted molar refractivity (Wildman–Crippen MR) is 66.3 cm³/mol. The van der Waals surface area contributed by atoms with Gasteiger partial charge in [0.05, 0.1) is 23.2 Å². The molecule has 0 saturated heterocycles. The molecule has 1 aliphatic rings. The number of esters is 1. The lowest BCUT2D eigenvalue weighted by Gasteiger charge is -2.06. The molecule has 1 rings (SSSR count). The van der Waals surface area contributed by atoms with Gasteiger partial charge in [0.25, 0.3) is 5.70 Å². The standard InChI is InChI=1S/C11H12NO4P/c1-4-8-9(11(13)16-2)7-17(3)6-5-10(8)12(14)15/h4-7H,1H2,2-3H3. The fraction of sp³-hybridized carbons (Fsp3) is 0.182. The van der Waals surface area contributed by atoms with E-state index in [1.807, 2.05) is 6.66 Å². The van der Waals surface area contributed by atoms with Gasteiger partial charge in [0.2, 0.25) is 0 Å². The summed E-state index contributed by atoms with van der Waals surface area (Å²) in [5.41, 5.74) is 0.265. The maximum Gasteiger partial charge on any atom is 0.338 e. The molecular weight excluding hydrogens is 241 g/mol. The third-order valence-electron chi connectivity index (χ3n) is 2.17. The first-order valence-corrected chi connectivity index (χ1v) is 6.65. The Labute approximate surface area is 100 Å². The average molecular weight is 253 g/mol. The molecule has 0 aromatic rings. The quantitative estimate of drug-likeness (QED) is 0.335. The molecule has 5 nitrogen and oxygen atoms in total. The first-order valence-electron chi connectivity index (χ1n) is 4.73. The maximum atomic E-state index is 11.6. The molecule has 0 bridgehead atoms. The minimum Gasteiger partial charge on any atom is -0.465 e. The lowest BCUT2D eigenvalue weighted by Crippen LogP contribution is -2.09. The minimum absolute atomic E-state index is 0.136. The molecule has 0 aliphatic carbocycles. The predicted octanol–water partition coefficient (Wildman–Crippen LogP) is 2.40. The van der Waals surface area contributed by atoms with Crippen molar-refractivity contribution < 1.29 is 14.5 Å². The number of ether oxygens (including phenoxy) is 1. The van der Waals surface area contributed by atoms with Crippen LogP contribution in [0.3, 0.4) is 0 Å². The molecule has 0 aromatic heterocycles. The number of nitrogens with zero attached hydrogens (tertiary/aromatic N) is 1. The summed E-state index contributed by atoms with van der Waals surface area (Å²) in [5, 5.41) is 10.9. The SMILES string of the molecule is C=CC1=C([N+](=O)[O-])C=CP(C)C=C1C(=O)OC. The number of methoxy groups -OCH3 is 1. The molecule has 0 spiro atoms. The monoisotopic (exact) mass is 253 g/mol. The van der Waals surface area contributed by atoms with E-state index in [1.165, 1.54) is 19.3 Å². The van der Waals surface area contributed by atoms with Crippen LogP contribution in [-0.2, 0) is 9.53 Å². The lowest BCUT2D eigenvalue weighted by atomic mass is 10.1. The van der Waals surface area contributed by atoms with Gasteiger partial charge in [-0.3, -0.25) is 10.1 Å². The van der Waals surface area contributed by atoms with Crippen molar-refractivity contribution >= 4 is 13.9 Å². The van der Waals surface area contributed by atoms with Gasteiger partial charge in [-0.05, 0) is 18.3 Å². The summed E-state index contributed by atoms with van der Waals surface area (Å²) in [4.78, 5) is 22.0. The molecule has 1 aliphatic heterocycles. The van der Waals surface area contributed by atoms with Crippen LogP contribution in [-0.4, -0.2) is 24.7 Å². The van der Waals surface area contributed by atoms with Gasteiger partial charge in [0.1, 0.15) is 0 Å². The molecule has 1 heterocycles. The number of rotatable bonds is 3. The molecular formula is C11H12NO4P. The Morgan fingerprint density at radius 3 is 2.76 bits per heavy atom. The van der Waals surface area contributed by atoms with Crippen LogP contribution in [0.4, 0.5) is 0 Å². The zero-order valence-electron chi connectivity index (χ0n) is 9.54. The number of hydrogen-bond donors (Lipinski definition) is 0. The maximum absolute atomic E-state index is 11.6. The minimum atomic E-state index is -0.717. The van der Waals surface area contributed by atoms with Gasteiger partial charge in [-0.2, -0.15) is 0 Å². The molecule has 1 unspecified atom stereocenters. The van der Waals surface area contributed by atoms with Gasteiger partial charge >= 0.3 is 5.97 Å². The van der Waals surface area contributed by atoms with Crippen molar-refractivity contribution in [2.75, 3.05) is 13.8 Å². The van der Waals surface area contributed by atoms with Crippen molar-refractivity contribution in [1.82, 2.24) is 0 Å². The molecule has 17 heavy (non-hydrogen) atoms. The highest BCUT2D eigenvalue weighted by Crippen LogP contribution is 2.40. The molecule has 6 heteroatoms. The Hall–Kier alpha value is -1.74. The van der Waals surface area contributed by atoms with Crippen LogP contribution in [0, 0.1) is 10.1 Å². The van der Waals surface area contributed by atoms with Gasteiger partial charge in [-0.25, -0.2) is 4.79 Å². The summed E-state index contributed by atoms with van der Waals surface area (Å²) in [6.45, 7) is 5.40. The molecule has 90 valence electrons. The van der Waals surface area contributed by atoms with E-state index in [-0.39, 0.29) is 16.8 Å². The molecule has 0 radical (unpaired) electrons. The number of allylic oxidation sites excluding steroid dienone is 2. The second kappa shape index (κ2) is 5.55. The zero-order valence-corrected chi connectivity index (χ0v) is 10.4. The summed E-state index contributed by atoms with van der Waals surface area (Å²) in [6, 6.07) is 0. The van der Waals surface area contributed by atoms with Gasteiger partial charge in [-0.1, -0.05) is 20.6 Å². The first kappa shape index (κ1) is 13.3. The van der Waals surface area contributed by atoms with Crippen LogP contribution in [0.1, 0.15) is 0 Å². The van der Waals surface area contributed by atoms with Gasteiger partial charge in [0.15, 0.2) is 0 Å². The van der Waals surface area contributed by atoms with E-state index in [9.17, 15) is 14.9 Å². The molecule has 0 amide bonds. The third kappa shape index (κ3) is 2.88. The summed E-state index contributed by atoms with van der Waals surface area (Å²) in [6.07, 6.45) is 2.72. The normalized spacial score (nSPS) is 19.4. The highest BCUT2D eigenvalue weighted by molar-refractivity contribution is 7.63. The van der Waals surface area contributed by atoms with Crippen LogP contribution < -0.4 is 0 Å². The summed E-state index contributed by atoms with van der Waals surface area (Å²) < 4.78 is 4.62. The Morgan fingerprint density at radius 1 is 1.65 bits per heavy atom. The Kier molecular flexibility index (Phi) is 4.35. The molecule has 0 aromatic carbocycles. The van der Waals surface area contributed by atoms with Crippen molar-refractivity contribution in [3.05, 3.63) is 57.3 Å². The Bertz CT molecular complexity index is 462. The van der Waals surface area contributed by atoms with E-state index in [2.05, 4.69) is 11.3 Å². The lowest BCUT2D eigenvalue weighted by molar-refractivity contribution is -0.419. The van der Waals surface area contributed by atoms with Crippen LogP contribution in [0.25, 0.3) is 0 Å². The van der Waals surface area contributed by atoms with Crippen LogP contribution in [0.2, 0.25) is 0 Å². The number of carbonyl (C=O) groups excluding carboxylic acids is 1. The molecule has 0 fully saturated rings.